The van der Waals surface area contributed by atoms with E-state index in [0.29, 0.717) is 38.5 Å². The first-order valence-corrected chi connectivity index (χ1v) is 11.6. The van der Waals surface area contributed by atoms with Crippen LogP contribution in [0.4, 0.5) is 0 Å². The van der Waals surface area contributed by atoms with Crippen molar-refractivity contribution in [3.05, 3.63) is 52.7 Å². The Kier molecular flexibility index (Phi) is 6.86. The van der Waals surface area contributed by atoms with Crippen LogP contribution in [0.15, 0.2) is 52.1 Å². The Morgan fingerprint density at radius 2 is 1.83 bits per heavy atom. The maximum absolute atomic E-state index is 12.5. The molecule has 2 fully saturated rings. The molecule has 154 valence electrons. The molecule has 2 saturated heterocycles. The predicted molar refractivity (Wildman–Crippen MR) is 113 cm³/mol. The minimum atomic E-state index is -0.162. The van der Waals surface area contributed by atoms with Crippen LogP contribution in [0.1, 0.15) is 5.56 Å². The lowest BCUT2D eigenvalue weighted by molar-refractivity contribution is -0.128. The Morgan fingerprint density at radius 1 is 1.10 bits per heavy atom. The summed E-state index contributed by atoms with van der Waals surface area (Å²) in [5, 5.41) is 6.93. The molecule has 2 aliphatic heterocycles. The molecule has 0 radical (unpaired) electrons. The largest absolute Gasteiger partial charge is 0.371 e. The number of ether oxygens (including phenoxy) is 2. The number of carbonyl (C=O) groups is 2. The molecule has 4 rings (SSSR count). The number of nitrogens with zero attached hydrogens (tertiary/aromatic N) is 1. The quantitative estimate of drug-likeness (QED) is 0.709. The van der Waals surface area contributed by atoms with Gasteiger partial charge in [-0.05, 0) is 34.5 Å². The standard InChI is InChI=1S/C21H24N2O4S2/c24-20(8-15-6-7-28-13-15)22-16-11-26-18-9-23(10-19(18)27-12-16)21(25)14-29-17-4-2-1-3-5-17/h1-7,13,16,18-19H,8-12,14H2,(H,22,24)/t18-,19-/m0/s1. The van der Waals surface area contributed by atoms with E-state index in [0.717, 1.165) is 10.5 Å². The fraction of sp³-hybridized carbons (Fsp3) is 0.429. The summed E-state index contributed by atoms with van der Waals surface area (Å²) in [6.07, 6.45) is 0.0905. The average molecular weight is 433 g/mol. The normalized spacial score (nSPS) is 22.1. The van der Waals surface area contributed by atoms with Gasteiger partial charge in [0.15, 0.2) is 0 Å². The van der Waals surface area contributed by atoms with Crippen molar-refractivity contribution >= 4 is 34.9 Å². The van der Waals surface area contributed by atoms with E-state index in [-0.39, 0.29) is 30.1 Å². The van der Waals surface area contributed by atoms with Gasteiger partial charge in [0.2, 0.25) is 11.8 Å². The van der Waals surface area contributed by atoms with E-state index in [1.54, 1.807) is 23.1 Å². The van der Waals surface area contributed by atoms with Gasteiger partial charge in [0.05, 0.1) is 31.4 Å². The van der Waals surface area contributed by atoms with Gasteiger partial charge in [-0.3, -0.25) is 9.59 Å². The second-order valence-corrected chi connectivity index (χ2v) is 9.05. The van der Waals surface area contributed by atoms with Crippen LogP contribution in [0.25, 0.3) is 0 Å². The molecule has 6 nitrogen and oxygen atoms in total. The maximum atomic E-state index is 12.5. The highest BCUT2D eigenvalue weighted by atomic mass is 32.2. The van der Waals surface area contributed by atoms with Gasteiger partial charge in [-0.2, -0.15) is 11.3 Å². The summed E-state index contributed by atoms with van der Waals surface area (Å²) in [4.78, 5) is 27.6. The summed E-state index contributed by atoms with van der Waals surface area (Å²) < 4.78 is 12.0. The summed E-state index contributed by atoms with van der Waals surface area (Å²) >= 11 is 3.13. The number of fused-ring (bicyclic) bond motifs is 1. The zero-order valence-corrected chi connectivity index (χ0v) is 17.6. The second kappa shape index (κ2) is 9.75. The van der Waals surface area contributed by atoms with Gasteiger partial charge in [0, 0.05) is 18.0 Å². The molecule has 0 spiro atoms. The summed E-state index contributed by atoms with van der Waals surface area (Å²) in [5.74, 6) is 0.479. The molecule has 29 heavy (non-hydrogen) atoms. The minimum Gasteiger partial charge on any atom is -0.371 e. The Labute approximate surface area is 178 Å². The van der Waals surface area contributed by atoms with Crippen molar-refractivity contribution < 1.29 is 19.1 Å². The van der Waals surface area contributed by atoms with Gasteiger partial charge in [-0.25, -0.2) is 0 Å². The van der Waals surface area contributed by atoms with Crippen LogP contribution in [-0.2, 0) is 25.5 Å². The van der Waals surface area contributed by atoms with Gasteiger partial charge in [0.25, 0.3) is 0 Å². The first-order valence-electron chi connectivity index (χ1n) is 9.66. The van der Waals surface area contributed by atoms with Crippen molar-refractivity contribution in [2.75, 3.05) is 32.1 Å². The zero-order valence-electron chi connectivity index (χ0n) is 16.0. The van der Waals surface area contributed by atoms with Crippen molar-refractivity contribution in [2.24, 2.45) is 0 Å². The van der Waals surface area contributed by atoms with Crippen LogP contribution < -0.4 is 5.32 Å². The van der Waals surface area contributed by atoms with E-state index in [1.807, 2.05) is 52.1 Å². The van der Waals surface area contributed by atoms with Crippen LogP contribution in [0.3, 0.4) is 0 Å². The van der Waals surface area contributed by atoms with E-state index in [4.69, 9.17) is 9.47 Å². The molecule has 3 heterocycles. The third-order valence-corrected chi connectivity index (χ3v) is 6.74. The molecule has 1 aromatic heterocycles. The number of benzene rings is 1. The monoisotopic (exact) mass is 432 g/mol. The molecule has 2 amide bonds. The number of likely N-dealkylation sites (tertiary alicyclic amines) is 1. The molecule has 0 unspecified atom stereocenters. The van der Waals surface area contributed by atoms with Gasteiger partial charge >= 0.3 is 0 Å². The highest BCUT2D eigenvalue weighted by Crippen LogP contribution is 2.23. The lowest BCUT2D eigenvalue weighted by atomic mass is 10.2. The van der Waals surface area contributed by atoms with Crippen molar-refractivity contribution in [3.63, 3.8) is 0 Å². The first-order chi connectivity index (χ1) is 14.2. The molecule has 2 aromatic rings. The third kappa shape index (κ3) is 5.60. The van der Waals surface area contributed by atoms with Crippen LogP contribution in [0.5, 0.6) is 0 Å². The highest BCUT2D eigenvalue weighted by Gasteiger charge is 2.39. The van der Waals surface area contributed by atoms with Gasteiger partial charge in [0.1, 0.15) is 12.2 Å². The SMILES string of the molecule is O=C(Cc1ccsc1)NC1CO[C@H]2CN(C(=O)CSc3ccccc3)C[C@@H]2OC1. The third-order valence-electron chi connectivity index (χ3n) is 5.01. The van der Waals surface area contributed by atoms with Gasteiger partial charge in [-0.15, -0.1) is 11.8 Å². The van der Waals surface area contributed by atoms with Crippen LogP contribution in [-0.4, -0.2) is 67.0 Å². The number of thiophene rings is 1. The van der Waals surface area contributed by atoms with E-state index in [1.165, 1.54) is 0 Å². The summed E-state index contributed by atoms with van der Waals surface area (Å²) in [6.45, 7) is 1.87. The number of hydrogen-bond acceptors (Lipinski definition) is 6. The van der Waals surface area contributed by atoms with Gasteiger partial charge in [-0.1, -0.05) is 18.2 Å². The maximum Gasteiger partial charge on any atom is 0.233 e. The average Bonchev–Trinajstić information content (AvgIpc) is 3.35. The number of rotatable bonds is 6. The number of hydrogen-bond donors (Lipinski definition) is 1. The second-order valence-electron chi connectivity index (χ2n) is 7.22. The van der Waals surface area contributed by atoms with Crippen LogP contribution in [0, 0.1) is 0 Å². The Balaban J connectivity index is 1.22. The van der Waals surface area contributed by atoms with E-state index < -0.39 is 0 Å². The highest BCUT2D eigenvalue weighted by molar-refractivity contribution is 8.00. The lowest BCUT2D eigenvalue weighted by Crippen LogP contribution is -2.42. The predicted octanol–water partition coefficient (Wildman–Crippen LogP) is 2.19. The van der Waals surface area contributed by atoms with Crippen LogP contribution >= 0.6 is 23.1 Å². The van der Waals surface area contributed by atoms with Crippen molar-refractivity contribution in [2.45, 2.75) is 29.6 Å². The van der Waals surface area contributed by atoms with Crippen molar-refractivity contribution in [3.8, 4) is 0 Å². The Hall–Kier alpha value is -1.87. The smallest absolute Gasteiger partial charge is 0.233 e. The fourth-order valence-corrected chi connectivity index (χ4v) is 4.98. The zero-order chi connectivity index (χ0) is 20.1. The summed E-state index contributed by atoms with van der Waals surface area (Å²) in [5.41, 5.74) is 1.02. The first kappa shape index (κ1) is 20.4. The van der Waals surface area contributed by atoms with E-state index in [9.17, 15) is 9.59 Å². The number of carbonyl (C=O) groups excluding carboxylic acids is 2. The molecule has 8 heteroatoms. The molecule has 1 aromatic carbocycles. The molecule has 0 aliphatic carbocycles. The Bertz CT molecular complexity index is 799. The Morgan fingerprint density at radius 3 is 2.48 bits per heavy atom. The molecule has 1 N–H and O–H groups in total. The van der Waals surface area contributed by atoms with Crippen LogP contribution in [0.2, 0.25) is 0 Å². The van der Waals surface area contributed by atoms with E-state index in [2.05, 4.69) is 5.32 Å². The summed E-state index contributed by atoms with van der Waals surface area (Å²) in [6, 6.07) is 11.7. The molecular formula is C21H24N2O4S2. The van der Waals surface area contributed by atoms with Crippen molar-refractivity contribution in [1.29, 1.82) is 0 Å². The van der Waals surface area contributed by atoms with Crippen molar-refractivity contribution in [1.82, 2.24) is 10.2 Å². The molecular weight excluding hydrogens is 408 g/mol. The molecule has 2 atom stereocenters. The van der Waals surface area contributed by atoms with E-state index >= 15 is 0 Å². The molecule has 0 saturated carbocycles. The summed E-state index contributed by atoms with van der Waals surface area (Å²) in [7, 11) is 0. The lowest BCUT2D eigenvalue weighted by Gasteiger charge is -2.19. The topological polar surface area (TPSA) is 67.9 Å². The number of thioether (sulfide) groups is 1. The molecule has 0 bridgehead atoms. The fourth-order valence-electron chi connectivity index (χ4n) is 3.49. The minimum absolute atomic E-state index is 0.0256. The number of amides is 2. The number of nitrogens with one attached hydrogen (secondary N) is 1. The van der Waals surface area contributed by atoms with Gasteiger partial charge < -0.3 is 19.7 Å². The molecule has 2 aliphatic rings.